The molecule has 1 aromatic heterocycles. The number of carbonyl (C=O) groups is 3. The van der Waals surface area contributed by atoms with Gasteiger partial charge in [-0.3, -0.25) is 19.4 Å². The molecule has 5 rings (SSSR count). The van der Waals surface area contributed by atoms with Crippen molar-refractivity contribution in [2.45, 2.75) is 39.0 Å². The van der Waals surface area contributed by atoms with E-state index in [9.17, 15) is 14.4 Å². The Hall–Kier alpha value is -3.14. The number of rotatable bonds is 1. The van der Waals surface area contributed by atoms with Gasteiger partial charge in [0.15, 0.2) is 11.6 Å². The lowest BCUT2D eigenvalue weighted by Gasteiger charge is -2.40. The van der Waals surface area contributed by atoms with Crippen molar-refractivity contribution in [3.05, 3.63) is 87.8 Å². The molecule has 0 aliphatic heterocycles. The van der Waals surface area contributed by atoms with Gasteiger partial charge in [0.2, 0.25) is 5.78 Å². The van der Waals surface area contributed by atoms with Crippen LogP contribution in [-0.2, 0) is 4.79 Å². The molecule has 0 bridgehead atoms. The molecule has 0 amide bonds. The first-order valence-corrected chi connectivity index (χ1v) is 9.95. The van der Waals surface area contributed by atoms with Crippen LogP contribution in [-0.4, -0.2) is 22.3 Å². The van der Waals surface area contributed by atoms with Crippen molar-refractivity contribution >= 4 is 17.3 Å². The third-order valence-corrected chi connectivity index (χ3v) is 6.22. The molecule has 4 heteroatoms. The maximum absolute atomic E-state index is 13.5. The number of pyridine rings is 1. The molecule has 2 aromatic rings. The molecule has 0 saturated heterocycles. The smallest absolute Gasteiger partial charge is 0.209 e. The highest BCUT2D eigenvalue weighted by atomic mass is 16.1. The second kappa shape index (κ2) is 6.18. The van der Waals surface area contributed by atoms with Gasteiger partial charge in [-0.2, -0.15) is 0 Å². The van der Waals surface area contributed by atoms with Crippen LogP contribution >= 0.6 is 0 Å². The lowest BCUT2D eigenvalue weighted by atomic mass is 9.61. The van der Waals surface area contributed by atoms with Gasteiger partial charge in [-0.05, 0) is 36.0 Å². The molecule has 1 unspecified atom stereocenters. The van der Waals surface area contributed by atoms with E-state index in [4.69, 9.17) is 0 Å². The lowest BCUT2D eigenvalue weighted by molar-refractivity contribution is -0.118. The van der Waals surface area contributed by atoms with Crippen LogP contribution in [0.3, 0.4) is 0 Å². The van der Waals surface area contributed by atoms with Crippen molar-refractivity contribution in [2.75, 3.05) is 0 Å². The number of ketones is 3. The molecule has 1 atom stereocenters. The monoisotopic (exact) mass is 383 g/mol. The molecule has 0 saturated carbocycles. The number of allylic oxidation sites excluding steroid dienone is 4. The average molecular weight is 383 g/mol. The summed E-state index contributed by atoms with van der Waals surface area (Å²) in [5.41, 5.74) is 4.00. The predicted molar refractivity (Wildman–Crippen MR) is 109 cm³/mol. The fraction of sp³-hybridized carbons (Fsp3) is 0.280. The Morgan fingerprint density at radius 3 is 2.41 bits per heavy atom. The van der Waals surface area contributed by atoms with E-state index in [0.29, 0.717) is 29.6 Å². The van der Waals surface area contributed by atoms with Gasteiger partial charge in [-0.15, -0.1) is 0 Å². The quantitative estimate of drug-likeness (QED) is 0.720. The molecular formula is C25H21NO3. The van der Waals surface area contributed by atoms with Crippen molar-refractivity contribution in [3.8, 4) is 0 Å². The highest BCUT2D eigenvalue weighted by Gasteiger charge is 2.46. The summed E-state index contributed by atoms with van der Waals surface area (Å²) in [5.74, 6) is -0.770. The van der Waals surface area contributed by atoms with Crippen molar-refractivity contribution < 1.29 is 14.4 Å². The van der Waals surface area contributed by atoms with Crippen LogP contribution in [0.15, 0.2) is 71.0 Å². The van der Waals surface area contributed by atoms with Crippen LogP contribution in [0.4, 0.5) is 0 Å². The zero-order valence-electron chi connectivity index (χ0n) is 16.5. The van der Waals surface area contributed by atoms with Crippen LogP contribution in [0.25, 0.3) is 0 Å². The minimum Gasteiger partial charge on any atom is -0.294 e. The van der Waals surface area contributed by atoms with Crippen molar-refractivity contribution in [1.29, 1.82) is 0 Å². The molecule has 1 aromatic carbocycles. The summed E-state index contributed by atoms with van der Waals surface area (Å²) >= 11 is 0. The van der Waals surface area contributed by atoms with E-state index in [1.807, 2.05) is 30.3 Å². The molecule has 0 N–H and O–H groups in total. The number of nitrogens with zero attached hydrogens (tertiary/aromatic N) is 1. The van der Waals surface area contributed by atoms with Gasteiger partial charge in [0.25, 0.3) is 0 Å². The van der Waals surface area contributed by atoms with E-state index in [-0.39, 0.29) is 28.5 Å². The first kappa shape index (κ1) is 17.9. The first-order valence-electron chi connectivity index (χ1n) is 9.95. The Kier molecular flexibility index (Phi) is 3.82. The normalized spacial score (nSPS) is 23.0. The van der Waals surface area contributed by atoms with E-state index < -0.39 is 5.92 Å². The Labute approximate surface area is 169 Å². The number of carbonyl (C=O) groups excluding carboxylic acids is 3. The summed E-state index contributed by atoms with van der Waals surface area (Å²) < 4.78 is 0. The first-order chi connectivity index (χ1) is 13.9. The van der Waals surface area contributed by atoms with Gasteiger partial charge in [-0.1, -0.05) is 49.8 Å². The number of benzene rings is 1. The van der Waals surface area contributed by atoms with Gasteiger partial charge in [-0.25, -0.2) is 0 Å². The van der Waals surface area contributed by atoms with E-state index in [2.05, 4.69) is 18.8 Å². The van der Waals surface area contributed by atoms with E-state index >= 15 is 0 Å². The zero-order chi connectivity index (χ0) is 20.3. The molecule has 0 spiro atoms. The molecule has 3 aliphatic rings. The molecule has 4 nitrogen and oxygen atoms in total. The molecule has 3 aliphatic carbocycles. The van der Waals surface area contributed by atoms with E-state index in [1.165, 1.54) is 6.20 Å². The Morgan fingerprint density at radius 1 is 0.897 bits per heavy atom. The maximum Gasteiger partial charge on any atom is 0.209 e. The third kappa shape index (κ3) is 2.66. The van der Waals surface area contributed by atoms with Crippen molar-refractivity contribution in [3.63, 3.8) is 0 Å². The third-order valence-electron chi connectivity index (χ3n) is 6.22. The van der Waals surface area contributed by atoms with Crippen LogP contribution in [0.5, 0.6) is 0 Å². The average Bonchev–Trinajstić information content (AvgIpc) is 2.70. The zero-order valence-corrected chi connectivity index (χ0v) is 16.5. The van der Waals surface area contributed by atoms with Gasteiger partial charge < -0.3 is 0 Å². The minimum atomic E-state index is -0.495. The maximum atomic E-state index is 13.5. The standard InChI is InChI=1S/C25H21NO3/c1-25(2)12-15-11-17-21(24(29)22-16(23(17)28)9-6-10-26-22)20(19(15)18(27)13-25)14-7-4-3-5-8-14/h3-10,20H,11-13H2,1-2H3. The Bertz CT molecular complexity index is 1150. The number of hydrogen-bond donors (Lipinski definition) is 0. The Balaban J connectivity index is 1.76. The summed E-state index contributed by atoms with van der Waals surface area (Å²) in [4.78, 5) is 44.3. The number of fused-ring (bicyclic) bond motifs is 1. The largest absolute Gasteiger partial charge is 0.294 e. The molecule has 0 fully saturated rings. The highest BCUT2D eigenvalue weighted by Crippen LogP contribution is 2.52. The second-order valence-electron chi connectivity index (χ2n) is 8.93. The van der Waals surface area contributed by atoms with Gasteiger partial charge in [0, 0.05) is 35.3 Å². The summed E-state index contributed by atoms with van der Waals surface area (Å²) in [6.07, 6.45) is 3.13. The van der Waals surface area contributed by atoms with Gasteiger partial charge in [0.05, 0.1) is 5.56 Å². The number of aromatic nitrogens is 1. The van der Waals surface area contributed by atoms with Crippen molar-refractivity contribution in [1.82, 2.24) is 4.98 Å². The topological polar surface area (TPSA) is 64.1 Å². The van der Waals surface area contributed by atoms with Crippen LogP contribution < -0.4 is 0 Å². The van der Waals surface area contributed by atoms with Crippen LogP contribution in [0.2, 0.25) is 0 Å². The van der Waals surface area contributed by atoms with Gasteiger partial charge in [0.1, 0.15) is 5.69 Å². The summed E-state index contributed by atoms with van der Waals surface area (Å²) in [6.45, 7) is 4.17. The number of hydrogen-bond acceptors (Lipinski definition) is 4. The van der Waals surface area contributed by atoms with Gasteiger partial charge >= 0.3 is 0 Å². The molecule has 1 heterocycles. The second-order valence-corrected chi connectivity index (χ2v) is 8.93. The predicted octanol–water partition coefficient (Wildman–Crippen LogP) is 4.63. The Morgan fingerprint density at radius 2 is 1.66 bits per heavy atom. The van der Waals surface area contributed by atoms with E-state index in [0.717, 1.165) is 23.1 Å². The van der Waals surface area contributed by atoms with Crippen molar-refractivity contribution in [2.24, 2.45) is 5.41 Å². The molecule has 144 valence electrons. The minimum absolute atomic E-state index is 0.0868. The fourth-order valence-electron chi connectivity index (χ4n) is 5.12. The van der Waals surface area contributed by atoms with Crippen LogP contribution in [0.1, 0.15) is 65.4 Å². The fourth-order valence-corrected chi connectivity index (χ4v) is 5.12. The molecular weight excluding hydrogens is 362 g/mol. The molecule has 29 heavy (non-hydrogen) atoms. The number of Topliss-reactive ketones (excluding diaryl/α,β-unsaturated/α-hetero) is 3. The summed E-state index contributed by atoms with van der Waals surface area (Å²) in [6, 6.07) is 12.9. The van der Waals surface area contributed by atoms with Crippen LogP contribution in [0, 0.1) is 5.41 Å². The SMILES string of the molecule is CC1(C)CC(=O)C2=C(CC3=C(C(=O)c4ncccc4C3=O)C2c2ccccc2)C1. The summed E-state index contributed by atoms with van der Waals surface area (Å²) in [7, 11) is 0. The van der Waals surface area contributed by atoms with E-state index in [1.54, 1.807) is 12.1 Å². The molecule has 0 radical (unpaired) electrons. The summed E-state index contributed by atoms with van der Waals surface area (Å²) in [5, 5.41) is 0. The lowest BCUT2D eigenvalue weighted by Crippen LogP contribution is -2.36. The highest BCUT2D eigenvalue weighted by molar-refractivity contribution is 6.28.